The van der Waals surface area contributed by atoms with E-state index in [1.165, 1.54) is 25.9 Å². The Morgan fingerprint density at radius 1 is 1.25 bits per heavy atom. The van der Waals surface area contributed by atoms with Crippen LogP contribution in [0.4, 0.5) is 5.82 Å². The van der Waals surface area contributed by atoms with Crippen LogP contribution in [0.5, 0.6) is 0 Å². The van der Waals surface area contributed by atoms with Gasteiger partial charge in [-0.25, -0.2) is 9.97 Å². The summed E-state index contributed by atoms with van der Waals surface area (Å²) < 4.78 is 0. The average Bonchev–Trinajstić information content (AvgIpc) is 2.59. The van der Waals surface area contributed by atoms with E-state index in [9.17, 15) is 0 Å². The summed E-state index contributed by atoms with van der Waals surface area (Å²) in [6, 6.07) is 5.82. The molecule has 0 radical (unpaired) electrons. The summed E-state index contributed by atoms with van der Waals surface area (Å²) in [5.41, 5.74) is 2.93. The number of rotatable bonds is 5. The van der Waals surface area contributed by atoms with Gasteiger partial charge in [0.25, 0.3) is 0 Å². The normalized spacial score (nSPS) is 18.5. The SMILES string of the molecule is Cc1nc(-c2ccccn2)nc(NCCN2CCCC(C)C2)c1C. The van der Waals surface area contributed by atoms with Crippen LogP contribution in [0.1, 0.15) is 31.0 Å². The maximum Gasteiger partial charge on any atom is 0.180 e. The molecular formula is C19H27N5. The summed E-state index contributed by atoms with van der Waals surface area (Å²) >= 11 is 0. The first-order valence-electron chi connectivity index (χ1n) is 8.86. The molecule has 1 N–H and O–H groups in total. The van der Waals surface area contributed by atoms with Gasteiger partial charge in [0.2, 0.25) is 0 Å². The Kier molecular flexibility index (Phi) is 5.41. The molecule has 1 aliphatic rings. The molecule has 0 bridgehead atoms. The van der Waals surface area contributed by atoms with Crippen molar-refractivity contribution >= 4 is 5.82 Å². The van der Waals surface area contributed by atoms with Gasteiger partial charge in [0.05, 0.1) is 0 Å². The van der Waals surface area contributed by atoms with E-state index in [0.717, 1.165) is 41.8 Å². The first kappa shape index (κ1) is 16.8. The summed E-state index contributed by atoms with van der Waals surface area (Å²) in [5.74, 6) is 2.43. The van der Waals surface area contributed by atoms with Crippen molar-refractivity contribution in [2.24, 2.45) is 5.92 Å². The Balaban J connectivity index is 1.67. The molecule has 0 saturated carbocycles. The van der Waals surface area contributed by atoms with Crippen LogP contribution in [-0.2, 0) is 0 Å². The quantitative estimate of drug-likeness (QED) is 0.914. The average molecular weight is 325 g/mol. The van der Waals surface area contributed by atoms with Gasteiger partial charge in [-0.15, -0.1) is 0 Å². The highest BCUT2D eigenvalue weighted by Crippen LogP contribution is 2.20. The second-order valence-corrected chi connectivity index (χ2v) is 6.80. The molecular weight excluding hydrogens is 298 g/mol. The molecule has 1 fully saturated rings. The lowest BCUT2D eigenvalue weighted by atomic mass is 10.0. The second kappa shape index (κ2) is 7.71. The zero-order valence-corrected chi connectivity index (χ0v) is 14.9. The van der Waals surface area contributed by atoms with Crippen molar-refractivity contribution in [1.82, 2.24) is 19.9 Å². The summed E-state index contributed by atoms with van der Waals surface area (Å²) in [6.45, 7) is 10.8. The lowest BCUT2D eigenvalue weighted by molar-refractivity contribution is 0.190. The maximum absolute atomic E-state index is 4.70. The highest BCUT2D eigenvalue weighted by molar-refractivity contribution is 5.56. The van der Waals surface area contributed by atoms with E-state index in [1.807, 2.05) is 25.1 Å². The lowest BCUT2D eigenvalue weighted by Crippen LogP contribution is -2.37. The summed E-state index contributed by atoms with van der Waals surface area (Å²) in [4.78, 5) is 16.2. The zero-order valence-electron chi connectivity index (χ0n) is 14.9. The van der Waals surface area contributed by atoms with Crippen LogP contribution in [0.2, 0.25) is 0 Å². The fourth-order valence-corrected chi connectivity index (χ4v) is 3.23. The van der Waals surface area contributed by atoms with Crippen molar-refractivity contribution < 1.29 is 0 Å². The van der Waals surface area contributed by atoms with Gasteiger partial charge >= 0.3 is 0 Å². The molecule has 3 heterocycles. The number of nitrogens with one attached hydrogen (secondary N) is 1. The number of pyridine rings is 1. The summed E-state index contributed by atoms with van der Waals surface area (Å²) in [5, 5.41) is 3.51. The number of piperidine rings is 1. The number of aryl methyl sites for hydroxylation is 1. The Hall–Kier alpha value is -2.01. The molecule has 1 atom stereocenters. The smallest absolute Gasteiger partial charge is 0.180 e. The van der Waals surface area contributed by atoms with Gasteiger partial charge in [0, 0.05) is 37.1 Å². The van der Waals surface area contributed by atoms with Crippen molar-refractivity contribution in [3.8, 4) is 11.5 Å². The minimum Gasteiger partial charge on any atom is -0.368 e. The first-order chi connectivity index (χ1) is 11.6. The third-order valence-corrected chi connectivity index (χ3v) is 4.74. The fraction of sp³-hybridized carbons (Fsp3) is 0.526. The number of aromatic nitrogens is 3. The summed E-state index contributed by atoms with van der Waals surface area (Å²) in [6.07, 6.45) is 4.46. The molecule has 0 spiro atoms. The van der Waals surface area contributed by atoms with Gasteiger partial charge in [-0.1, -0.05) is 13.0 Å². The minimum atomic E-state index is 0.688. The van der Waals surface area contributed by atoms with E-state index in [-0.39, 0.29) is 0 Å². The largest absolute Gasteiger partial charge is 0.368 e. The number of hydrogen-bond acceptors (Lipinski definition) is 5. The van der Waals surface area contributed by atoms with Crippen molar-refractivity contribution in [2.45, 2.75) is 33.6 Å². The van der Waals surface area contributed by atoms with Gasteiger partial charge in [0.1, 0.15) is 11.5 Å². The number of hydrogen-bond donors (Lipinski definition) is 1. The van der Waals surface area contributed by atoms with Gasteiger partial charge in [-0.3, -0.25) is 4.98 Å². The van der Waals surface area contributed by atoms with Crippen molar-refractivity contribution in [1.29, 1.82) is 0 Å². The van der Waals surface area contributed by atoms with Crippen molar-refractivity contribution in [3.63, 3.8) is 0 Å². The zero-order chi connectivity index (χ0) is 16.9. The highest BCUT2D eigenvalue weighted by Gasteiger charge is 2.16. The highest BCUT2D eigenvalue weighted by atomic mass is 15.2. The van der Waals surface area contributed by atoms with Crippen molar-refractivity contribution in [3.05, 3.63) is 35.7 Å². The molecule has 0 aromatic carbocycles. The Morgan fingerprint density at radius 2 is 2.12 bits per heavy atom. The van der Waals surface area contributed by atoms with Crippen LogP contribution >= 0.6 is 0 Å². The Morgan fingerprint density at radius 3 is 2.88 bits per heavy atom. The van der Waals surface area contributed by atoms with Crippen LogP contribution in [0.25, 0.3) is 11.5 Å². The first-order valence-corrected chi connectivity index (χ1v) is 8.86. The topological polar surface area (TPSA) is 53.9 Å². The molecule has 24 heavy (non-hydrogen) atoms. The monoisotopic (exact) mass is 325 g/mol. The van der Waals surface area contributed by atoms with Crippen LogP contribution in [0.3, 0.4) is 0 Å². The number of nitrogens with zero attached hydrogens (tertiary/aromatic N) is 4. The van der Waals surface area contributed by atoms with Gasteiger partial charge in [-0.2, -0.15) is 0 Å². The van der Waals surface area contributed by atoms with E-state index in [1.54, 1.807) is 6.20 Å². The van der Waals surface area contributed by atoms with Crippen LogP contribution in [-0.4, -0.2) is 46.0 Å². The third kappa shape index (κ3) is 4.09. The molecule has 2 aromatic rings. The van der Waals surface area contributed by atoms with E-state index in [2.05, 4.69) is 34.0 Å². The lowest BCUT2D eigenvalue weighted by Gasteiger charge is -2.30. The molecule has 1 aliphatic heterocycles. The summed E-state index contributed by atoms with van der Waals surface area (Å²) in [7, 11) is 0. The van der Waals surface area contributed by atoms with E-state index in [4.69, 9.17) is 4.98 Å². The molecule has 1 saturated heterocycles. The maximum atomic E-state index is 4.70. The van der Waals surface area contributed by atoms with Crippen LogP contribution in [0.15, 0.2) is 24.4 Å². The molecule has 1 unspecified atom stereocenters. The molecule has 0 amide bonds. The number of anilines is 1. The standard InChI is InChI=1S/C19H27N5/c1-14-7-6-11-24(13-14)12-10-21-18-15(2)16(3)22-19(23-18)17-8-4-5-9-20-17/h4-5,8-9,14H,6-7,10-13H2,1-3H3,(H,21,22,23). The fourth-order valence-electron chi connectivity index (χ4n) is 3.23. The predicted molar refractivity (Wildman–Crippen MR) is 98.1 cm³/mol. The molecule has 128 valence electrons. The molecule has 5 nitrogen and oxygen atoms in total. The predicted octanol–water partition coefficient (Wildman–Crippen LogP) is 3.30. The van der Waals surface area contributed by atoms with Gasteiger partial charge in [0.15, 0.2) is 5.82 Å². The van der Waals surface area contributed by atoms with E-state index in [0.29, 0.717) is 5.82 Å². The Bertz CT molecular complexity index is 671. The molecule has 0 aliphatic carbocycles. The van der Waals surface area contributed by atoms with Crippen molar-refractivity contribution in [2.75, 3.05) is 31.5 Å². The van der Waals surface area contributed by atoms with Gasteiger partial charge < -0.3 is 10.2 Å². The molecule has 5 heteroatoms. The molecule has 3 rings (SSSR count). The Labute approximate surface area is 144 Å². The number of likely N-dealkylation sites (tertiary alicyclic amines) is 1. The van der Waals surface area contributed by atoms with E-state index < -0.39 is 0 Å². The van der Waals surface area contributed by atoms with Crippen LogP contribution in [0, 0.1) is 19.8 Å². The van der Waals surface area contributed by atoms with Crippen LogP contribution < -0.4 is 5.32 Å². The third-order valence-electron chi connectivity index (χ3n) is 4.74. The minimum absolute atomic E-state index is 0.688. The molecule has 2 aromatic heterocycles. The van der Waals surface area contributed by atoms with E-state index >= 15 is 0 Å². The second-order valence-electron chi connectivity index (χ2n) is 6.80. The van der Waals surface area contributed by atoms with Gasteiger partial charge in [-0.05, 0) is 51.3 Å².